The van der Waals surface area contributed by atoms with Crippen LogP contribution in [0, 0.1) is 11.8 Å². The summed E-state index contributed by atoms with van der Waals surface area (Å²) in [5.74, 6) is 0.314. The first kappa shape index (κ1) is 24.9. The maximum absolute atomic E-state index is 13.3. The lowest BCUT2D eigenvalue weighted by Gasteiger charge is -2.27. The molecule has 186 valence electrons. The van der Waals surface area contributed by atoms with Gasteiger partial charge in [0.05, 0.1) is 23.8 Å². The molecule has 1 aliphatic heterocycles. The van der Waals surface area contributed by atoms with Crippen LogP contribution in [0.4, 0.5) is 5.69 Å². The summed E-state index contributed by atoms with van der Waals surface area (Å²) in [7, 11) is 1.69. The number of benzene rings is 2. The fraction of sp³-hybridized carbons (Fsp3) is 0.423. The van der Waals surface area contributed by atoms with Crippen LogP contribution in [0.15, 0.2) is 36.4 Å². The summed E-state index contributed by atoms with van der Waals surface area (Å²) in [5, 5.41) is 3.31. The predicted molar refractivity (Wildman–Crippen MR) is 131 cm³/mol. The van der Waals surface area contributed by atoms with Gasteiger partial charge in [0.25, 0.3) is 5.91 Å². The molecule has 1 saturated carbocycles. The molecule has 0 aromatic heterocycles. The van der Waals surface area contributed by atoms with Crippen LogP contribution in [0.3, 0.4) is 0 Å². The molecule has 1 heterocycles. The number of ether oxygens (including phenoxy) is 3. The Hall–Kier alpha value is -3.26. The fourth-order valence-electron chi connectivity index (χ4n) is 4.48. The number of rotatable bonds is 7. The lowest BCUT2D eigenvalue weighted by molar-refractivity contribution is -0.150. The third-order valence-corrected chi connectivity index (χ3v) is 6.63. The zero-order chi connectivity index (χ0) is 24.9. The third kappa shape index (κ3) is 5.88. The van der Waals surface area contributed by atoms with Gasteiger partial charge in [-0.05, 0) is 68.5 Å². The van der Waals surface area contributed by atoms with E-state index in [9.17, 15) is 14.4 Å². The van der Waals surface area contributed by atoms with Crippen molar-refractivity contribution in [2.45, 2.75) is 39.2 Å². The van der Waals surface area contributed by atoms with Crippen LogP contribution in [0.5, 0.6) is 11.5 Å². The minimum atomic E-state index is -0.272. The first-order chi connectivity index (χ1) is 16.9. The van der Waals surface area contributed by atoms with E-state index in [4.69, 9.17) is 25.8 Å². The molecule has 0 spiro atoms. The van der Waals surface area contributed by atoms with Crippen LogP contribution in [-0.2, 0) is 20.9 Å². The van der Waals surface area contributed by atoms with Crippen molar-refractivity contribution in [2.24, 2.45) is 11.8 Å². The number of anilines is 1. The highest BCUT2D eigenvalue weighted by Gasteiger charge is 2.31. The van der Waals surface area contributed by atoms with Gasteiger partial charge in [0.15, 0.2) is 11.5 Å². The number of carbonyl (C=O) groups is 3. The summed E-state index contributed by atoms with van der Waals surface area (Å²) in [6.45, 7) is 2.67. The SMILES string of the molecule is CCOC(=O)[C@H]1CC[C@H](C(=O)Nc2ccc(Cl)cc2C(=O)N(C)Cc2ccc3c(c2)OCO3)CC1. The zero-order valence-corrected chi connectivity index (χ0v) is 20.6. The summed E-state index contributed by atoms with van der Waals surface area (Å²) < 4.78 is 15.9. The average molecular weight is 501 g/mol. The van der Waals surface area contributed by atoms with Crippen LogP contribution in [0.2, 0.25) is 5.02 Å². The lowest BCUT2D eigenvalue weighted by atomic mass is 9.81. The van der Waals surface area contributed by atoms with Crippen molar-refractivity contribution in [3.8, 4) is 11.5 Å². The molecule has 0 radical (unpaired) electrons. The molecule has 2 aromatic rings. The Bertz CT molecular complexity index is 1110. The van der Waals surface area contributed by atoms with Gasteiger partial charge in [-0.15, -0.1) is 0 Å². The highest BCUT2D eigenvalue weighted by atomic mass is 35.5. The second-order valence-corrected chi connectivity index (χ2v) is 9.27. The van der Waals surface area contributed by atoms with E-state index in [1.165, 1.54) is 0 Å². The summed E-state index contributed by atoms with van der Waals surface area (Å²) in [4.78, 5) is 39.8. The standard InChI is InChI=1S/C26H29ClN2O6/c1-3-33-26(32)18-7-5-17(6-8-18)24(30)28-21-10-9-19(27)13-20(21)25(31)29(2)14-16-4-11-22-23(12-16)35-15-34-22/h4,9-13,17-18H,3,5-8,14-15H2,1-2H3,(H,28,30)/t17-,18-. The smallest absolute Gasteiger partial charge is 0.308 e. The van der Waals surface area contributed by atoms with Gasteiger partial charge in [-0.1, -0.05) is 17.7 Å². The Morgan fingerprint density at radius 2 is 1.74 bits per heavy atom. The summed E-state index contributed by atoms with van der Waals surface area (Å²) >= 11 is 6.19. The van der Waals surface area contributed by atoms with E-state index in [0.29, 0.717) is 66.6 Å². The number of fused-ring (bicyclic) bond motifs is 1. The van der Waals surface area contributed by atoms with E-state index in [-0.39, 0.29) is 36.4 Å². The molecular formula is C26H29ClN2O6. The van der Waals surface area contributed by atoms with Gasteiger partial charge in [0, 0.05) is 24.5 Å². The molecule has 1 fully saturated rings. The second-order valence-electron chi connectivity index (χ2n) is 8.83. The van der Waals surface area contributed by atoms with Gasteiger partial charge in [0.2, 0.25) is 12.7 Å². The minimum Gasteiger partial charge on any atom is -0.466 e. The predicted octanol–water partition coefficient (Wildman–Crippen LogP) is 4.65. The molecule has 1 N–H and O–H groups in total. The normalized spacial score (nSPS) is 18.6. The third-order valence-electron chi connectivity index (χ3n) is 6.39. The maximum Gasteiger partial charge on any atom is 0.308 e. The molecule has 0 bridgehead atoms. The van der Waals surface area contributed by atoms with Crippen LogP contribution >= 0.6 is 11.6 Å². The zero-order valence-electron chi connectivity index (χ0n) is 19.8. The molecule has 35 heavy (non-hydrogen) atoms. The van der Waals surface area contributed by atoms with E-state index in [1.54, 1.807) is 37.1 Å². The molecule has 1 aliphatic carbocycles. The first-order valence-electron chi connectivity index (χ1n) is 11.8. The number of halogens is 1. The fourth-order valence-corrected chi connectivity index (χ4v) is 4.65. The molecule has 8 nitrogen and oxygen atoms in total. The van der Waals surface area contributed by atoms with Crippen molar-refractivity contribution < 1.29 is 28.6 Å². The average Bonchev–Trinajstić information content (AvgIpc) is 3.33. The van der Waals surface area contributed by atoms with E-state index in [1.807, 2.05) is 18.2 Å². The van der Waals surface area contributed by atoms with E-state index >= 15 is 0 Å². The van der Waals surface area contributed by atoms with Crippen molar-refractivity contribution in [1.82, 2.24) is 4.90 Å². The molecule has 4 rings (SSSR count). The van der Waals surface area contributed by atoms with Crippen molar-refractivity contribution in [3.05, 3.63) is 52.5 Å². The Balaban J connectivity index is 1.41. The first-order valence-corrected chi connectivity index (χ1v) is 12.1. The quantitative estimate of drug-likeness (QED) is 0.556. The lowest BCUT2D eigenvalue weighted by Crippen LogP contribution is -2.31. The monoisotopic (exact) mass is 500 g/mol. The largest absolute Gasteiger partial charge is 0.466 e. The molecule has 2 amide bonds. The Morgan fingerprint density at radius 1 is 1.03 bits per heavy atom. The molecule has 2 aliphatic rings. The minimum absolute atomic E-state index is 0.156. The highest BCUT2D eigenvalue weighted by Crippen LogP contribution is 2.34. The molecule has 2 aromatic carbocycles. The topological polar surface area (TPSA) is 94.2 Å². The summed E-state index contributed by atoms with van der Waals surface area (Å²) in [6, 6.07) is 10.4. The van der Waals surface area contributed by atoms with Crippen molar-refractivity contribution >= 4 is 35.1 Å². The van der Waals surface area contributed by atoms with E-state index in [2.05, 4.69) is 5.32 Å². The Morgan fingerprint density at radius 3 is 2.49 bits per heavy atom. The maximum atomic E-state index is 13.3. The molecule has 0 saturated heterocycles. The molecular weight excluding hydrogens is 472 g/mol. The Kier molecular flexibility index (Phi) is 7.80. The van der Waals surface area contributed by atoms with Gasteiger partial charge >= 0.3 is 5.97 Å². The Labute approximate surface area is 209 Å². The number of esters is 1. The highest BCUT2D eigenvalue weighted by molar-refractivity contribution is 6.31. The van der Waals surface area contributed by atoms with Crippen molar-refractivity contribution in [3.63, 3.8) is 0 Å². The number of hydrogen-bond acceptors (Lipinski definition) is 6. The van der Waals surface area contributed by atoms with E-state index in [0.717, 1.165) is 5.56 Å². The van der Waals surface area contributed by atoms with Crippen molar-refractivity contribution in [2.75, 3.05) is 25.8 Å². The van der Waals surface area contributed by atoms with Gasteiger partial charge < -0.3 is 24.4 Å². The van der Waals surface area contributed by atoms with Crippen LogP contribution in [0.1, 0.15) is 48.5 Å². The van der Waals surface area contributed by atoms with Gasteiger partial charge in [-0.2, -0.15) is 0 Å². The molecule has 9 heteroatoms. The van der Waals surface area contributed by atoms with Crippen LogP contribution in [0.25, 0.3) is 0 Å². The van der Waals surface area contributed by atoms with Gasteiger partial charge in [0.1, 0.15) is 0 Å². The number of amides is 2. The van der Waals surface area contributed by atoms with Gasteiger partial charge in [-0.3, -0.25) is 14.4 Å². The number of hydrogen-bond donors (Lipinski definition) is 1. The number of nitrogens with zero attached hydrogens (tertiary/aromatic N) is 1. The number of nitrogens with one attached hydrogen (secondary N) is 1. The summed E-state index contributed by atoms with van der Waals surface area (Å²) in [6.07, 6.45) is 2.41. The van der Waals surface area contributed by atoms with Crippen LogP contribution < -0.4 is 14.8 Å². The molecule has 0 unspecified atom stereocenters. The van der Waals surface area contributed by atoms with Crippen molar-refractivity contribution in [1.29, 1.82) is 0 Å². The number of carbonyl (C=O) groups excluding carboxylic acids is 3. The van der Waals surface area contributed by atoms with E-state index < -0.39 is 0 Å². The molecule has 0 atom stereocenters. The summed E-state index contributed by atoms with van der Waals surface area (Å²) in [5.41, 5.74) is 1.61. The second kappa shape index (κ2) is 11.0. The van der Waals surface area contributed by atoms with Gasteiger partial charge in [-0.25, -0.2) is 0 Å². The van der Waals surface area contributed by atoms with Crippen LogP contribution in [-0.4, -0.2) is 43.1 Å².